The quantitative estimate of drug-likeness (QED) is 0.594. The van der Waals surface area contributed by atoms with E-state index in [9.17, 15) is 4.79 Å². The van der Waals surface area contributed by atoms with Gasteiger partial charge >= 0.3 is 0 Å². The first-order chi connectivity index (χ1) is 7.83. The van der Waals surface area contributed by atoms with Crippen molar-refractivity contribution in [2.45, 2.75) is 6.42 Å². The Kier molecular flexibility index (Phi) is 3.74. The lowest BCUT2D eigenvalue weighted by Crippen LogP contribution is -2.28. The standard InChI is InChI=1S/C12H15NO2S/c1-15-9-10-4-6-13(7-5-10)12-3-2-11(8-14)16-12/h2-4,8H,5-7,9H2,1H3. The number of ether oxygens (including phenoxy) is 1. The number of methoxy groups -OCH3 is 1. The summed E-state index contributed by atoms with van der Waals surface area (Å²) in [6.45, 7) is 2.66. The zero-order valence-corrected chi connectivity index (χ0v) is 10.1. The molecule has 0 bridgehead atoms. The Morgan fingerprint density at radius 1 is 1.56 bits per heavy atom. The van der Waals surface area contributed by atoms with E-state index in [4.69, 9.17) is 4.74 Å². The highest BCUT2D eigenvalue weighted by atomic mass is 32.1. The van der Waals surface area contributed by atoms with Gasteiger partial charge in [0.2, 0.25) is 0 Å². The molecule has 4 heteroatoms. The minimum atomic E-state index is 0.734. The minimum absolute atomic E-state index is 0.734. The fraction of sp³-hybridized carbons (Fsp3) is 0.417. The van der Waals surface area contributed by atoms with Crippen LogP contribution in [0.2, 0.25) is 0 Å². The molecule has 1 aliphatic rings. The molecular weight excluding hydrogens is 222 g/mol. The molecule has 1 aromatic heterocycles. The molecule has 1 aromatic rings. The Labute approximate surface area is 99.3 Å². The van der Waals surface area contributed by atoms with Crippen LogP contribution in [0.5, 0.6) is 0 Å². The maximum atomic E-state index is 10.6. The van der Waals surface area contributed by atoms with Gasteiger partial charge in [0.25, 0.3) is 0 Å². The third-order valence-electron chi connectivity index (χ3n) is 2.67. The van der Waals surface area contributed by atoms with E-state index in [0.29, 0.717) is 0 Å². The number of carbonyl (C=O) groups excluding carboxylic acids is 1. The minimum Gasteiger partial charge on any atom is -0.380 e. The predicted octanol–water partition coefficient (Wildman–Crippen LogP) is 2.34. The maximum absolute atomic E-state index is 10.6. The van der Waals surface area contributed by atoms with Gasteiger partial charge in [0, 0.05) is 20.2 Å². The van der Waals surface area contributed by atoms with Gasteiger partial charge in [0.15, 0.2) is 6.29 Å². The molecule has 16 heavy (non-hydrogen) atoms. The number of anilines is 1. The smallest absolute Gasteiger partial charge is 0.160 e. The van der Waals surface area contributed by atoms with Crippen LogP contribution in [0.15, 0.2) is 23.8 Å². The molecule has 0 spiro atoms. The van der Waals surface area contributed by atoms with Crippen LogP contribution in [-0.4, -0.2) is 33.1 Å². The van der Waals surface area contributed by atoms with Crippen molar-refractivity contribution < 1.29 is 9.53 Å². The molecule has 0 fully saturated rings. The van der Waals surface area contributed by atoms with Crippen LogP contribution in [0.25, 0.3) is 0 Å². The lowest BCUT2D eigenvalue weighted by Gasteiger charge is -2.26. The third kappa shape index (κ3) is 2.51. The topological polar surface area (TPSA) is 29.5 Å². The largest absolute Gasteiger partial charge is 0.380 e. The Morgan fingerprint density at radius 3 is 3.00 bits per heavy atom. The fourth-order valence-corrected chi connectivity index (χ4v) is 2.66. The summed E-state index contributed by atoms with van der Waals surface area (Å²) in [6, 6.07) is 3.89. The first-order valence-corrected chi connectivity index (χ1v) is 6.12. The summed E-state index contributed by atoms with van der Waals surface area (Å²) in [5, 5.41) is 1.18. The van der Waals surface area contributed by atoms with E-state index >= 15 is 0 Å². The highest BCUT2D eigenvalue weighted by Gasteiger charge is 2.13. The van der Waals surface area contributed by atoms with Crippen LogP contribution >= 0.6 is 11.3 Å². The van der Waals surface area contributed by atoms with Crippen LogP contribution in [-0.2, 0) is 4.74 Å². The first kappa shape index (κ1) is 11.4. The number of thiophene rings is 1. The molecule has 0 saturated carbocycles. The van der Waals surface area contributed by atoms with E-state index in [2.05, 4.69) is 11.0 Å². The molecule has 3 nitrogen and oxygen atoms in total. The summed E-state index contributed by atoms with van der Waals surface area (Å²) in [7, 11) is 1.73. The van der Waals surface area contributed by atoms with Gasteiger partial charge < -0.3 is 9.64 Å². The summed E-state index contributed by atoms with van der Waals surface area (Å²) < 4.78 is 5.11. The summed E-state index contributed by atoms with van der Waals surface area (Å²) in [5.74, 6) is 0. The fourth-order valence-electron chi connectivity index (χ4n) is 1.80. The van der Waals surface area contributed by atoms with Gasteiger partial charge in [-0.3, -0.25) is 4.79 Å². The number of carbonyl (C=O) groups is 1. The molecule has 1 aliphatic heterocycles. The number of hydrogen-bond acceptors (Lipinski definition) is 4. The molecule has 2 rings (SSSR count). The lowest BCUT2D eigenvalue weighted by atomic mass is 10.1. The first-order valence-electron chi connectivity index (χ1n) is 5.30. The Balaban J connectivity index is 2.00. The van der Waals surface area contributed by atoms with Gasteiger partial charge in [-0.2, -0.15) is 0 Å². The lowest BCUT2D eigenvalue weighted by molar-refractivity contribution is 0.112. The number of hydrogen-bond donors (Lipinski definition) is 0. The second-order valence-electron chi connectivity index (χ2n) is 3.79. The summed E-state index contributed by atoms with van der Waals surface area (Å²) in [6.07, 6.45) is 4.17. The van der Waals surface area contributed by atoms with Crippen molar-refractivity contribution in [3.63, 3.8) is 0 Å². The number of nitrogens with zero attached hydrogens (tertiary/aromatic N) is 1. The van der Waals surface area contributed by atoms with E-state index in [0.717, 1.165) is 37.3 Å². The summed E-state index contributed by atoms with van der Waals surface area (Å²) in [5.41, 5.74) is 1.37. The van der Waals surface area contributed by atoms with Gasteiger partial charge in [0.05, 0.1) is 16.5 Å². The van der Waals surface area contributed by atoms with E-state index in [1.54, 1.807) is 18.4 Å². The van der Waals surface area contributed by atoms with Crippen molar-refractivity contribution in [1.29, 1.82) is 0 Å². The van der Waals surface area contributed by atoms with Crippen molar-refractivity contribution in [3.05, 3.63) is 28.7 Å². The van der Waals surface area contributed by atoms with Gasteiger partial charge in [-0.25, -0.2) is 0 Å². The normalized spacial score (nSPS) is 16.1. The van der Waals surface area contributed by atoms with Crippen molar-refractivity contribution >= 4 is 22.6 Å². The Morgan fingerprint density at radius 2 is 2.44 bits per heavy atom. The second-order valence-corrected chi connectivity index (χ2v) is 4.88. The van der Waals surface area contributed by atoms with E-state index in [1.165, 1.54) is 10.6 Å². The average Bonchev–Trinajstić information content (AvgIpc) is 2.79. The molecule has 0 radical (unpaired) electrons. The highest BCUT2D eigenvalue weighted by molar-refractivity contribution is 7.17. The highest BCUT2D eigenvalue weighted by Crippen LogP contribution is 2.27. The van der Waals surface area contributed by atoms with Gasteiger partial charge in [-0.15, -0.1) is 11.3 Å². The van der Waals surface area contributed by atoms with Crippen LogP contribution < -0.4 is 4.90 Å². The van der Waals surface area contributed by atoms with Crippen LogP contribution in [0, 0.1) is 0 Å². The Bertz CT molecular complexity index is 397. The van der Waals surface area contributed by atoms with Gasteiger partial charge in [-0.05, 0) is 24.1 Å². The van der Waals surface area contributed by atoms with Crippen LogP contribution in [0.3, 0.4) is 0 Å². The molecule has 86 valence electrons. The van der Waals surface area contributed by atoms with E-state index < -0.39 is 0 Å². The molecule has 0 amide bonds. The SMILES string of the molecule is COCC1=CCN(c2ccc(C=O)s2)CC1. The molecule has 2 heterocycles. The second kappa shape index (κ2) is 5.27. The zero-order chi connectivity index (χ0) is 11.4. The van der Waals surface area contributed by atoms with Crippen molar-refractivity contribution in [2.75, 3.05) is 31.7 Å². The predicted molar refractivity (Wildman–Crippen MR) is 66.5 cm³/mol. The van der Waals surface area contributed by atoms with Crippen molar-refractivity contribution in [2.24, 2.45) is 0 Å². The van der Waals surface area contributed by atoms with Crippen LogP contribution in [0.4, 0.5) is 5.00 Å². The molecular formula is C12H15NO2S. The van der Waals surface area contributed by atoms with Gasteiger partial charge in [-0.1, -0.05) is 6.08 Å². The molecule has 0 aromatic carbocycles. The van der Waals surface area contributed by atoms with Crippen LogP contribution in [0.1, 0.15) is 16.1 Å². The molecule has 0 N–H and O–H groups in total. The van der Waals surface area contributed by atoms with E-state index in [1.807, 2.05) is 12.1 Å². The van der Waals surface area contributed by atoms with Gasteiger partial charge in [0.1, 0.15) is 0 Å². The maximum Gasteiger partial charge on any atom is 0.160 e. The van der Waals surface area contributed by atoms with E-state index in [-0.39, 0.29) is 0 Å². The third-order valence-corrected chi connectivity index (χ3v) is 3.74. The summed E-state index contributed by atoms with van der Waals surface area (Å²) >= 11 is 1.55. The average molecular weight is 237 g/mol. The monoisotopic (exact) mass is 237 g/mol. The zero-order valence-electron chi connectivity index (χ0n) is 9.31. The molecule has 0 aliphatic carbocycles. The number of rotatable bonds is 4. The summed E-state index contributed by atoms with van der Waals surface area (Å²) in [4.78, 5) is 13.7. The number of aldehydes is 1. The molecule has 0 atom stereocenters. The Hall–Kier alpha value is -1.13. The molecule has 0 saturated heterocycles. The molecule has 0 unspecified atom stereocenters. The van der Waals surface area contributed by atoms with Crippen molar-refractivity contribution in [1.82, 2.24) is 0 Å². The van der Waals surface area contributed by atoms with Crippen molar-refractivity contribution in [3.8, 4) is 0 Å².